The summed E-state index contributed by atoms with van der Waals surface area (Å²) in [4.78, 5) is 0.961. The highest BCUT2D eigenvalue weighted by Crippen LogP contribution is 2.23. The molecular weight excluding hydrogens is 256 g/mol. The van der Waals surface area contributed by atoms with Crippen molar-refractivity contribution >= 4 is 32.7 Å². The van der Waals surface area contributed by atoms with Gasteiger partial charge in [0.15, 0.2) is 0 Å². The van der Waals surface area contributed by atoms with Crippen LogP contribution >= 0.6 is 11.3 Å². The lowest BCUT2D eigenvalue weighted by Gasteiger charge is -2.06. The second kappa shape index (κ2) is 4.38. The van der Waals surface area contributed by atoms with Gasteiger partial charge in [-0.05, 0) is 43.3 Å². The second-order valence-corrected chi connectivity index (χ2v) is 6.79. The lowest BCUT2D eigenvalue weighted by Crippen LogP contribution is -2.11. The van der Waals surface area contributed by atoms with Crippen LogP contribution in [0.3, 0.4) is 0 Å². The number of aryl methyl sites for hydroxylation is 1. The van der Waals surface area contributed by atoms with E-state index in [0.29, 0.717) is 15.6 Å². The van der Waals surface area contributed by atoms with Crippen molar-refractivity contribution in [3.63, 3.8) is 0 Å². The Hall–Kier alpha value is -1.53. The molecule has 0 saturated carbocycles. The van der Waals surface area contributed by atoms with Crippen molar-refractivity contribution in [1.29, 1.82) is 0 Å². The fraction of sp³-hybridized carbons (Fsp3) is 0.0909. The van der Waals surface area contributed by atoms with Gasteiger partial charge >= 0.3 is 0 Å². The van der Waals surface area contributed by atoms with E-state index in [4.69, 9.17) is 5.73 Å². The molecule has 3 N–H and O–H groups in total. The molecule has 1 aromatic heterocycles. The van der Waals surface area contributed by atoms with Crippen LogP contribution in [0.1, 0.15) is 4.88 Å². The van der Waals surface area contributed by atoms with Gasteiger partial charge in [0, 0.05) is 16.3 Å². The predicted molar refractivity (Wildman–Crippen MR) is 70.7 cm³/mol. The first-order valence-electron chi connectivity index (χ1n) is 4.92. The molecule has 0 spiro atoms. The molecule has 0 aliphatic carbocycles. The molecular formula is C11H12N2O2S2. The van der Waals surface area contributed by atoms with Gasteiger partial charge in [-0.2, -0.15) is 0 Å². The zero-order valence-corrected chi connectivity index (χ0v) is 10.8. The summed E-state index contributed by atoms with van der Waals surface area (Å²) >= 11 is 1.24. The minimum absolute atomic E-state index is 0.312. The van der Waals surface area contributed by atoms with Crippen LogP contribution in [0.2, 0.25) is 0 Å². The monoisotopic (exact) mass is 268 g/mol. The van der Waals surface area contributed by atoms with Crippen LogP contribution in [0.5, 0.6) is 0 Å². The normalized spacial score (nSPS) is 11.4. The van der Waals surface area contributed by atoms with E-state index in [0.717, 1.165) is 4.88 Å². The van der Waals surface area contributed by atoms with E-state index < -0.39 is 10.0 Å². The maximum absolute atomic E-state index is 12.0. The molecule has 0 unspecified atom stereocenters. The van der Waals surface area contributed by atoms with E-state index in [1.165, 1.54) is 11.3 Å². The Bertz CT molecular complexity index is 615. The van der Waals surface area contributed by atoms with E-state index in [-0.39, 0.29) is 0 Å². The molecule has 2 rings (SSSR count). The van der Waals surface area contributed by atoms with Crippen molar-refractivity contribution in [1.82, 2.24) is 0 Å². The molecule has 0 bridgehead atoms. The summed E-state index contributed by atoms with van der Waals surface area (Å²) in [6.07, 6.45) is 0. The number of thiophene rings is 1. The maximum Gasteiger partial charge on any atom is 0.271 e. The molecule has 90 valence electrons. The van der Waals surface area contributed by atoms with E-state index in [1.807, 2.05) is 6.92 Å². The van der Waals surface area contributed by atoms with Crippen LogP contribution in [0.25, 0.3) is 0 Å². The van der Waals surface area contributed by atoms with E-state index in [9.17, 15) is 8.42 Å². The first kappa shape index (κ1) is 11.9. The average molecular weight is 268 g/mol. The largest absolute Gasteiger partial charge is 0.399 e. The molecule has 0 atom stereocenters. The molecule has 0 aliphatic heterocycles. The molecule has 17 heavy (non-hydrogen) atoms. The summed E-state index contributed by atoms with van der Waals surface area (Å²) in [7, 11) is -3.48. The number of nitrogens with two attached hydrogens (primary N) is 1. The smallest absolute Gasteiger partial charge is 0.271 e. The number of hydrogen-bond acceptors (Lipinski definition) is 4. The van der Waals surface area contributed by atoms with E-state index in [1.54, 1.807) is 36.4 Å². The number of nitrogen functional groups attached to an aromatic ring is 1. The summed E-state index contributed by atoms with van der Waals surface area (Å²) in [6, 6.07) is 9.94. The van der Waals surface area contributed by atoms with Crippen molar-refractivity contribution in [2.75, 3.05) is 10.5 Å². The zero-order chi connectivity index (χ0) is 12.5. The summed E-state index contributed by atoms with van der Waals surface area (Å²) in [5, 5.41) is 0. The van der Waals surface area contributed by atoms with Crippen molar-refractivity contribution in [3.8, 4) is 0 Å². The third-order valence-electron chi connectivity index (χ3n) is 2.14. The molecule has 0 aliphatic rings. The van der Waals surface area contributed by atoms with Crippen LogP contribution in [0, 0.1) is 6.92 Å². The molecule has 0 amide bonds. The quantitative estimate of drug-likeness (QED) is 0.840. The fourth-order valence-electron chi connectivity index (χ4n) is 1.31. The van der Waals surface area contributed by atoms with Gasteiger partial charge in [-0.25, -0.2) is 8.42 Å². The summed E-state index contributed by atoms with van der Waals surface area (Å²) < 4.78 is 26.7. The molecule has 6 heteroatoms. The number of nitrogens with one attached hydrogen (secondary N) is 1. The van der Waals surface area contributed by atoms with Crippen molar-refractivity contribution in [2.24, 2.45) is 0 Å². The van der Waals surface area contributed by atoms with Gasteiger partial charge in [0.05, 0.1) is 0 Å². The maximum atomic E-state index is 12.0. The summed E-state index contributed by atoms with van der Waals surface area (Å²) in [6.45, 7) is 1.87. The highest BCUT2D eigenvalue weighted by Gasteiger charge is 2.15. The minimum Gasteiger partial charge on any atom is -0.399 e. The topological polar surface area (TPSA) is 72.2 Å². The molecule has 0 fully saturated rings. The average Bonchev–Trinajstić information content (AvgIpc) is 2.69. The van der Waals surface area contributed by atoms with Crippen LogP contribution in [0.15, 0.2) is 40.6 Å². The van der Waals surface area contributed by atoms with Gasteiger partial charge in [0.1, 0.15) is 4.21 Å². The molecule has 0 saturated heterocycles. The Morgan fingerprint density at radius 1 is 1.12 bits per heavy atom. The van der Waals surface area contributed by atoms with Gasteiger partial charge in [0.2, 0.25) is 0 Å². The van der Waals surface area contributed by atoms with Crippen molar-refractivity contribution in [2.45, 2.75) is 11.1 Å². The summed E-state index contributed by atoms with van der Waals surface area (Å²) in [5.41, 5.74) is 6.63. The first-order chi connectivity index (χ1) is 7.97. The zero-order valence-electron chi connectivity index (χ0n) is 9.17. The van der Waals surface area contributed by atoms with E-state index >= 15 is 0 Å². The lowest BCUT2D eigenvalue weighted by molar-refractivity contribution is 0.603. The predicted octanol–water partition coefficient (Wildman–Crippen LogP) is 2.44. The minimum atomic E-state index is -3.48. The Labute approximate surface area is 104 Å². The molecule has 1 heterocycles. The van der Waals surface area contributed by atoms with Gasteiger partial charge in [-0.15, -0.1) is 11.3 Å². The molecule has 2 aromatic rings. The fourth-order valence-corrected chi connectivity index (χ4v) is 3.65. The third-order valence-corrected chi connectivity index (χ3v) is 5.02. The number of sulfonamides is 1. The van der Waals surface area contributed by atoms with Crippen LogP contribution in [-0.2, 0) is 10.0 Å². The summed E-state index contributed by atoms with van der Waals surface area (Å²) in [5.74, 6) is 0. The Kier molecular flexibility index (Phi) is 3.08. The van der Waals surface area contributed by atoms with Gasteiger partial charge in [-0.3, -0.25) is 4.72 Å². The van der Waals surface area contributed by atoms with Crippen molar-refractivity contribution in [3.05, 3.63) is 41.3 Å². The van der Waals surface area contributed by atoms with Gasteiger partial charge < -0.3 is 5.73 Å². The van der Waals surface area contributed by atoms with Gasteiger partial charge in [0.25, 0.3) is 10.0 Å². The Morgan fingerprint density at radius 3 is 2.29 bits per heavy atom. The van der Waals surface area contributed by atoms with Crippen LogP contribution < -0.4 is 10.5 Å². The Balaban J connectivity index is 2.26. The van der Waals surface area contributed by atoms with E-state index in [2.05, 4.69) is 4.72 Å². The van der Waals surface area contributed by atoms with Crippen molar-refractivity contribution < 1.29 is 8.42 Å². The lowest BCUT2D eigenvalue weighted by atomic mass is 10.3. The molecule has 4 nitrogen and oxygen atoms in total. The second-order valence-electron chi connectivity index (χ2n) is 3.59. The molecule has 1 aromatic carbocycles. The van der Waals surface area contributed by atoms with Crippen LogP contribution in [-0.4, -0.2) is 8.42 Å². The SMILES string of the molecule is Cc1ccc(S(=O)(=O)Nc2ccc(N)cc2)s1. The standard InChI is InChI=1S/C11H12N2O2S2/c1-8-2-7-11(16-8)17(14,15)13-10-5-3-9(12)4-6-10/h2-7,13H,12H2,1H3. The molecule has 0 radical (unpaired) electrons. The van der Waals surface area contributed by atoms with Gasteiger partial charge in [-0.1, -0.05) is 0 Å². The number of anilines is 2. The number of benzene rings is 1. The van der Waals surface area contributed by atoms with Crippen LogP contribution in [0.4, 0.5) is 11.4 Å². The first-order valence-corrected chi connectivity index (χ1v) is 7.22. The Morgan fingerprint density at radius 2 is 1.76 bits per heavy atom. The number of hydrogen-bond donors (Lipinski definition) is 2. The highest BCUT2D eigenvalue weighted by atomic mass is 32.2. The third kappa shape index (κ3) is 2.78. The number of rotatable bonds is 3. The highest BCUT2D eigenvalue weighted by molar-refractivity contribution is 7.94.